The van der Waals surface area contributed by atoms with Gasteiger partial charge in [0.15, 0.2) is 17.3 Å². The number of ether oxygens (including phenoxy) is 1. The molecular formula is C45H58N4O7. The average Bonchev–Trinajstić information content (AvgIpc) is 3.72. The van der Waals surface area contributed by atoms with Crippen LogP contribution in [0.15, 0.2) is 41.0 Å². The largest absolute Gasteiger partial charge is 0.504 e. The van der Waals surface area contributed by atoms with E-state index in [1.165, 1.54) is 7.11 Å². The van der Waals surface area contributed by atoms with Crippen LogP contribution in [0.2, 0.25) is 0 Å². The Morgan fingerprint density at radius 3 is 2.68 bits per heavy atom. The van der Waals surface area contributed by atoms with Gasteiger partial charge in [-0.15, -0.1) is 0 Å². The minimum Gasteiger partial charge on any atom is -0.504 e. The number of carbonyl (C=O) groups excluding carboxylic acids is 2. The van der Waals surface area contributed by atoms with Gasteiger partial charge in [-0.25, -0.2) is 4.98 Å². The van der Waals surface area contributed by atoms with Crippen LogP contribution in [0.5, 0.6) is 11.5 Å². The number of carbonyl (C=O) groups is 2. The number of phenolic OH excluding ortho intramolecular Hbond substituents is 1. The SMILES string of the molecule is COc1cc2c(cc1O)C(CC(O)C(O)CCc1cc(N)ncc1CC1=CCN=C1)C#CC1(CCC(CCC3CNC4CC(=O)CCC4C3)CC1O)C(=O)CC2. The van der Waals surface area contributed by atoms with Gasteiger partial charge in [0, 0.05) is 50.1 Å². The predicted octanol–water partition coefficient (Wildman–Crippen LogP) is 4.55. The van der Waals surface area contributed by atoms with Crippen LogP contribution in [0.25, 0.3) is 0 Å². The number of benzene rings is 1. The van der Waals surface area contributed by atoms with Crippen molar-refractivity contribution in [2.45, 2.75) is 127 Å². The number of nitrogen functional groups attached to an aromatic ring is 1. The number of piperidine rings is 1. The number of aliphatic imine (C=N–C) groups is 1. The molecule has 1 spiro atoms. The number of Topliss-reactive ketones (excluding diaryl/α,β-unsaturated/α-hetero) is 2. The number of aryl methyl sites for hydroxylation is 2. The topological polar surface area (TPSA) is 188 Å². The maximum atomic E-state index is 14.1. The van der Waals surface area contributed by atoms with E-state index in [-0.39, 0.29) is 42.5 Å². The molecule has 0 radical (unpaired) electrons. The quantitative estimate of drug-likeness (QED) is 0.167. The zero-order valence-electron chi connectivity index (χ0n) is 32.6. The number of nitrogens with one attached hydrogen (secondary N) is 1. The fraction of sp³-hybridized carbons (Fsp3) is 0.600. The molecule has 7 N–H and O–H groups in total. The third-order valence-corrected chi connectivity index (χ3v) is 13.4. The molecule has 9 unspecified atom stereocenters. The van der Waals surface area contributed by atoms with Crippen LogP contribution in [0.4, 0.5) is 5.82 Å². The molecule has 300 valence electrons. The van der Waals surface area contributed by atoms with Crippen LogP contribution in [-0.2, 0) is 28.9 Å². The van der Waals surface area contributed by atoms with E-state index < -0.39 is 29.6 Å². The molecule has 7 rings (SSSR count). The third kappa shape index (κ3) is 9.05. The molecule has 1 aromatic heterocycles. The van der Waals surface area contributed by atoms with Crippen molar-refractivity contribution in [3.05, 3.63) is 58.3 Å². The minimum atomic E-state index is -1.22. The number of methoxy groups -OCH3 is 1. The zero-order valence-corrected chi connectivity index (χ0v) is 32.6. The van der Waals surface area contributed by atoms with Gasteiger partial charge in [0.1, 0.15) is 17.0 Å². The molecule has 11 heteroatoms. The van der Waals surface area contributed by atoms with Crippen LogP contribution in [-0.4, -0.2) is 87.7 Å². The standard InChI is InChI=1S/C45H58N4O7/c1-56-41-20-31-6-9-42(54)45(13-10-27(18-43(45)55)2-3-28-16-33-4-7-35(50)22-37(33)48-25-28)14-11-32(36(31)23-40(41)53)19-39(52)38(51)8-5-30-21-44(46)49-26-34(30)17-29-12-15-47-24-29/h12,20-21,23-24,26-28,32-33,37-39,43,48,51-53,55H,2-10,13,15-19,22,25H2,1H3,(H2,46,49). The van der Waals surface area contributed by atoms with E-state index in [0.717, 1.165) is 60.9 Å². The van der Waals surface area contributed by atoms with Crippen LogP contribution >= 0.6 is 0 Å². The number of phenols is 1. The molecule has 56 heavy (non-hydrogen) atoms. The van der Waals surface area contributed by atoms with Crippen molar-refractivity contribution in [1.82, 2.24) is 10.3 Å². The summed E-state index contributed by atoms with van der Waals surface area (Å²) in [5, 5.41) is 49.2. The molecule has 0 bridgehead atoms. The van der Waals surface area contributed by atoms with Gasteiger partial charge in [-0.3, -0.25) is 14.6 Å². The Morgan fingerprint density at radius 2 is 1.89 bits per heavy atom. The Hall–Kier alpha value is -4.08. The molecule has 5 aliphatic rings. The molecule has 2 aromatic rings. The number of aliphatic hydroxyl groups excluding tert-OH is 3. The zero-order chi connectivity index (χ0) is 39.4. The van der Waals surface area contributed by atoms with Crippen LogP contribution in [0.3, 0.4) is 0 Å². The maximum Gasteiger partial charge on any atom is 0.160 e. The molecule has 11 nitrogen and oxygen atoms in total. The highest BCUT2D eigenvalue weighted by molar-refractivity contribution is 5.89. The summed E-state index contributed by atoms with van der Waals surface area (Å²) in [7, 11) is 1.47. The second-order valence-corrected chi connectivity index (χ2v) is 17.1. The first-order chi connectivity index (χ1) is 27.0. The summed E-state index contributed by atoms with van der Waals surface area (Å²) in [4.78, 5) is 34.6. The number of hydrogen-bond donors (Lipinski definition) is 6. The van der Waals surface area contributed by atoms with Crippen LogP contribution in [0.1, 0.15) is 105 Å². The second-order valence-electron chi connectivity index (χ2n) is 17.1. The van der Waals surface area contributed by atoms with Gasteiger partial charge in [0.05, 0.1) is 32.0 Å². The maximum absolute atomic E-state index is 14.1. The lowest BCUT2D eigenvalue weighted by Crippen LogP contribution is -2.49. The number of fused-ring (bicyclic) bond motifs is 2. The van der Waals surface area contributed by atoms with Crippen LogP contribution in [0, 0.1) is 35.0 Å². The number of nitrogens with two attached hydrogens (primary N) is 1. The third-order valence-electron chi connectivity index (χ3n) is 13.4. The molecule has 2 saturated carbocycles. The predicted molar refractivity (Wildman–Crippen MR) is 215 cm³/mol. The van der Waals surface area contributed by atoms with Crippen molar-refractivity contribution in [2.75, 3.05) is 25.9 Å². The van der Waals surface area contributed by atoms with Crippen LogP contribution < -0.4 is 15.8 Å². The molecule has 3 heterocycles. The summed E-state index contributed by atoms with van der Waals surface area (Å²) in [5.41, 5.74) is 9.31. The highest BCUT2D eigenvalue weighted by Crippen LogP contribution is 2.45. The first kappa shape index (κ1) is 40.1. The highest BCUT2D eigenvalue weighted by Gasteiger charge is 2.47. The number of hydrogen-bond acceptors (Lipinski definition) is 11. The lowest BCUT2D eigenvalue weighted by atomic mass is 9.64. The number of aliphatic hydroxyl groups is 3. The Kier molecular flexibility index (Phi) is 12.6. The van der Waals surface area contributed by atoms with E-state index in [9.17, 15) is 30.0 Å². The Balaban J connectivity index is 1.05. The number of aromatic hydroxyl groups is 1. The monoisotopic (exact) mass is 766 g/mol. The Bertz CT molecular complexity index is 1900. The summed E-state index contributed by atoms with van der Waals surface area (Å²) in [6.07, 6.45) is 11.8. The number of pyridine rings is 1. The molecule has 2 aliphatic heterocycles. The van der Waals surface area contributed by atoms with E-state index in [0.29, 0.717) is 86.5 Å². The van der Waals surface area contributed by atoms with Crippen molar-refractivity contribution in [2.24, 2.45) is 28.2 Å². The smallest absolute Gasteiger partial charge is 0.160 e. The normalized spacial score (nSPS) is 29.9. The van der Waals surface area contributed by atoms with Gasteiger partial charge < -0.3 is 36.2 Å². The van der Waals surface area contributed by atoms with Gasteiger partial charge in [-0.05, 0) is 135 Å². The Morgan fingerprint density at radius 1 is 1.05 bits per heavy atom. The lowest BCUT2D eigenvalue weighted by molar-refractivity contribution is -0.134. The summed E-state index contributed by atoms with van der Waals surface area (Å²) < 4.78 is 5.42. The highest BCUT2D eigenvalue weighted by atomic mass is 16.5. The number of aromatic nitrogens is 1. The number of anilines is 1. The second kappa shape index (κ2) is 17.6. The van der Waals surface area contributed by atoms with Crippen molar-refractivity contribution in [3.63, 3.8) is 0 Å². The summed E-state index contributed by atoms with van der Waals surface area (Å²) in [5.74, 6) is 8.27. The van der Waals surface area contributed by atoms with Gasteiger partial charge in [0.2, 0.25) is 0 Å². The molecule has 9 atom stereocenters. The summed E-state index contributed by atoms with van der Waals surface area (Å²) in [6, 6.07) is 5.47. The molecule has 3 fully saturated rings. The molecule has 1 aromatic carbocycles. The minimum absolute atomic E-state index is 0.0655. The molecule has 1 saturated heterocycles. The summed E-state index contributed by atoms with van der Waals surface area (Å²) >= 11 is 0. The summed E-state index contributed by atoms with van der Waals surface area (Å²) in [6.45, 7) is 1.59. The van der Waals surface area contributed by atoms with Crippen molar-refractivity contribution in [1.29, 1.82) is 0 Å². The first-order valence-electron chi connectivity index (χ1n) is 20.7. The van der Waals surface area contributed by atoms with E-state index in [2.05, 4.69) is 33.2 Å². The fourth-order valence-electron chi connectivity index (χ4n) is 9.98. The number of rotatable bonds is 12. The van der Waals surface area contributed by atoms with Gasteiger partial charge in [-0.2, -0.15) is 0 Å². The molecule has 0 amide bonds. The van der Waals surface area contributed by atoms with Crippen molar-refractivity contribution >= 4 is 23.6 Å². The lowest BCUT2D eigenvalue weighted by Gasteiger charge is -2.42. The van der Waals surface area contributed by atoms with Gasteiger partial charge >= 0.3 is 0 Å². The molecular weight excluding hydrogens is 709 g/mol. The number of allylic oxidation sites excluding steroid dienone is 1. The van der Waals surface area contributed by atoms with E-state index >= 15 is 0 Å². The van der Waals surface area contributed by atoms with E-state index in [1.54, 1.807) is 18.3 Å². The van der Waals surface area contributed by atoms with Crippen molar-refractivity contribution in [3.8, 4) is 23.3 Å². The van der Waals surface area contributed by atoms with Gasteiger partial charge in [0.25, 0.3) is 0 Å². The first-order valence-corrected chi connectivity index (χ1v) is 20.7. The van der Waals surface area contributed by atoms with E-state index in [1.807, 2.05) is 12.3 Å². The fourth-order valence-corrected chi connectivity index (χ4v) is 9.98. The van der Waals surface area contributed by atoms with E-state index in [4.69, 9.17) is 10.5 Å². The number of ketones is 2. The van der Waals surface area contributed by atoms with Crippen molar-refractivity contribution < 1.29 is 34.8 Å². The number of nitrogens with zero attached hydrogens (tertiary/aromatic N) is 2. The Labute approximate surface area is 330 Å². The average molecular weight is 767 g/mol. The molecule has 3 aliphatic carbocycles. The van der Waals surface area contributed by atoms with Gasteiger partial charge in [-0.1, -0.05) is 24.3 Å².